The molecule has 26 heavy (non-hydrogen) atoms. The van der Waals surface area contributed by atoms with Gasteiger partial charge in [0.25, 0.3) is 0 Å². The molecule has 1 N–H and O–H groups in total. The molecule has 0 spiro atoms. The van der Waals surface area contributed by atoms with Crippen LogP contribution in [0.5, 0.6) is 11.5 Å². The fourth-order valence-electron chi connectivity index (χ4n) is 3.99. The molecule has 4 nitrogen and oxygen atoms in total. The van der Waals surface area contributed by atoms with Crippen molar-refractivity contribution in [1.82, 2.24) is 0 Å². The maximum Gasteiger partial charge on any atom is 0.228 e. The molecule has 1 unspecified atom stereocenters. The van der Waals surface area contributed by atoms with Crippen LogP contribution in [0, 0.1) is 17.8 Å². The Hall–Kier alpha value is -2.23. The average molecular weight is 355 g/mol. The largest absolute Gasteiger partial charge is 0.497 e. The molecule has 1 fully saturated rings. The number of ether oxygens (including phenoxy) is 2. The molecule has 0 aromatic heterocycles. The minimum absolute atomic E-state index is 0.105. The van der Waals surface area contributed by atoms with Gasteiger partial charge in [0.05, 0.1) is 19.9 Å². The van der Waals surface area contributed by atoms with E-state index in [2.05, 4.69) is 29.6 Å². The first-order valence-electron chi connectivity index (χ1n) is 9.57. The SMILES string of the molecule is COc1ccc(OC)c(NC(=O)C2[C@H]3CC/C=C\CC/C=C/CC[C@@H]23)c1. The first-order valence-corrected chi connectivity index (χ1v) is 9.57. The minimum atomic E-state index is 0.105. The third-order valence-electron chi connectivity index (χ3n) is 5.47. The Morgan fingerprint density at radius 1 is 0.923 bits per heavy atom. The molecule has 1 aromatic carbocycles. The van der Waals surface area contributed by atoms with Gasteiger partial charge in [-0.25, -0.2) is 0 Å². The van der Waals surface area contributed by atoms with Gasteiger partial charge in [-0.05, 0) is 62.5 Å². The molecule has 0 radical (unpaired) electrons. The summed E-state index contributed by atoms with van der Waals surface area (Å²) in [6.45, 7) is 0. The molecule has 2 aliphatic rings. The Morgan fingerprint density at radius 2 is 1.54 bits per heavy atom. The minimum Gasteiger partial charge on any atom is -0.497 e. The van der Waals surface area contributed by atoms with Crippen LogP contribution in [0.3, 0.4) is 0 Å². The molecule has 0 bridgehead atoms. The summed E-state index contributed by atoms with van der Waals surface area (Å²) in [5.41, 5.74) is 0.680. The van der Waals surface area contributed by atoms with Gasteiger partial charge in [-0.2, -0.15) is 0 Å². The summed E-state index contributed by atoms with van der Waals surface area (Å²) in [5, 5.41) is 3.07. The van der Waals surface area contributed by atoms with E-state index >= 15 is 0 Å². The van der Waals surface area contributed by atoms with Crippen LogP contribution in [0.15, 0.2) is 42.5 Å². The number of hydrogen-bond donors (Lipinski definition) is 1. The number of carbonyl (C=O) groups is 1. The second-order valence-corrected chi connectivity index (χ2v) is 7.08. The second-order valence-electron chi connectivity index (χ2n) is 7.08. The van der Waals surface area contributed by atoms with Gasteiger partial charge >= 0.3 is 0 Å². The first kappa shape index (κ1) is 18.6. The predicted octanol–water partition coefficient (Wildman–Crippen LogP) is 4.97. The standard InChI is InChI=1S/C22H29NO3/c1-25-16-13-14-20(26-2)19(15-16)23-22(24)21-17-11-9-7-5-3-4-6-8-10-12-18(17)21/h5-8,13-15,17-18,21H,3-4,9-12H2,1-2H3,(H,23,24)/b7-5-,8-6+/t17-,18+,21?/m0/s1. The summed E-state index contributed by atoms with van der Waals surface area (Å²) in [5.74, 6) is 2.55. The van der Waals surface area contributed by atoms with E-state index in [0.717, 1.165) is 38.5 Å². The zero-order valence-electron chi connectivity index (χ0n) is 15.7. The molecule has 1 saturated carbocycles. The molecule has 2 aliphatic carbocycles. The van der Waals surface area contributed by atoms with Gasteiger partial charge in [0.15, 0.2) is 0 Å². The van der Waals surface area contributed by atoms with Crippen LogP contribution in [0.1, 0.15) is 38.5 Å². The normalized spacial score (nSPS) is 27.8. The third-order valence-corrected chi connectivity index (χ3v) is 5.47. The lowest BCUT2D eigenvalue weighted by atomic mass is 10.1. The quantitative estimate of drug-likeness (QED) is 0.776. The van der Waals surface area contributed by atoms with Crippen LogP contribution >= 0.6 is 0 Å². The van der Waals surface area contributed by atoms with Gasteiger partial charge in [-0.3, -0.25) is 4.79 Å². The summed E-state index contributed by atoms with van der Waals surface area (Å²) in [6.07, 6.45) is 15.6. The van der Waals surface area contributed by atoms with Gasteiger partial charge in [-0.1, -0.05) is 24.3 Å². The van der Waals surface area contributed by atoms with Gasteiger partial charge in [-0.15, -0.1) is 0 Å². The van der Waals surface area contributed by atoms with E-state index in [1.54, 1.807) is 14.2 Å². The highest BCUT2D eigenvalue weighted by Crippen LogP contribution is 2.53. The summed E-state index contributed by atoms with van der Waals surface area (Å²) in [7, 11) is 3.23. The van der Waals surface area contributed by atoms with E-state index in [1.807, 2.05) is 18.2 Å². The maximum absolute atomic E-state index is 12.9. The number of fused-ring (bicyclic) bond motifs is 1. The molecular formula is C22H29NO3. The number of methoxy groups -OCH3 is 2. The van der Waals surface area contributed by atoms with Crippen molar-refractivity contribution in [2.75, 3.05) is 19.5 Å². The van der Waals surface area contributed by atoms with Crippen molar-refractivity contribution >= 4 is 11.6 Å². The monoisotopic (exact) mass is 355 g/mol. The molecule has 4 heteroatoms. The van der Waals surface area contributed by atoms with Crippen LogP contribution in [0.25, 0.3) is 0 Å². The Labute approximate surface area is 156 Å². The topological polar surface area (TPSA) is 47.6 Å². The number of benzene rings is 1. The van der Waals surface area contributed by atoms with Crippen LogP contribution in [0.2, 0.25) is 0 Å². The predicted molar refractivity (Wildman–Crippen MR) is 105 cm³/mol. The molecule has 1 aromatic rings. The van der Waals surface area contributed by atoms with E-state index in [1.165, 1.54) is 0 Å². The van der Waals surface area contributed by atoms with Crippen molar-refractivity contribution in [2.45, 2.75) is 38.5 Å². The van der Waals surface area contributed by atoms with E-state index in [9.17, 15) is 4.79 Å². The Bertz CT molecular complexity index is 656. The summed E-state index contributed by atoms with van der Waals surface area (Å²) in [4.78, 5) is 12.9. The zero-order chi connectivity index (χ0) is 18.4. The number of amides is 1. The molecule has 0 aliphatic heterocycles. The molecule has 3 rings (SSSR count). The van der Waals surface area contributed by atoms with Crippen molar-refractivity contribution in [2.24, 2.45) is 17.8 Å². The van der Waals surface area contributed by atoms with Crippen molar-refractivity contribution in [3.8, 4) is 11.5 Å². The molecular weight excluding hydrogens is 326 g/mol. The Morgan fingerprint density at radius 3 is 2.12 bits per heavy atom. The highest BCUT2D eigenvalue weighted by molar-refractivity contribution is 5.96. The lowest BCUT2D eigenvalue weighted by molar-refractivity contribution is -0.117. The molecule has 3 atom stereocenters. The van der Waals surface area contributed by atoms with Crippen molar-refractivity contribution < 1.29 is 14.3 Å². The van der Waals surface area contributed by atoms with Crippen molar-refractivity contribution in [1.29, 1.82) is 0 Å². The van der Waals surface area contributed by atoms with Crippen molar-refractivity contribution in [3.63, 3.8) is 0 Å². The fourth-order valence-corrected chi connectivity index (χ4v) is 3.99. The van der Waals surface area contributed by atoms with Crippen LogP contribution < -0.4 is 14.8 Å². The van der Waals surface area contributed by atoms with Crippen LogP contribution in [-0.4, -0.2) is 20.1 Å². The molecule has 140 valence electrons. The highest BCUT2D eigenvalue weighted by Gasteiger charge is 2.52. The smallest absolute Gasteiger partial charge is 0.228 e. The number of rotatable bonds is 4. The van der Waals surface area contributed by atoms with E-state index in [-0.39, 0.29) is 11.8 Å². The number of carbonyl (C=O) groups excluding carboxylic acids is 1. The lowest BCUT2D eigenvalue weighted by Crippen LogP contribution is -2.16. The number of nitrogens with one attached hydrogen (secondary N) is 1. The third kappa shape index (κ3) is 4.48. The van der Waals surface area contributed by atoms with Gasteiger partial charge in [0.1, 0.15) is 11.5 Å². The first-order chi connectivity index (χ1) is 12.7. The number of anilines is 1. The van der Waals surface area contributed by atoms with Gasteiger partial charge in [0.2, 0.25) is 5.91 Å². The Kier molecular flexibility index (Phi) is 6.37. The average Bonchev–Trinajstić information content (AvgIpc) is 3.34. The van der Waals surface area contributed by atoms with E-state index < -0.39 is 0 Å². The molecule has 0 saturated heterocycles. The fraction of sp³-hybridized carbons (Fsp3) is 0.500. The molecule has 0 heterocycles. The van der Waals surface area contributed by atoms with Gasteiger partial charge < -0.3 is 14.8 Å². The van der Waals surface area contributed by atoms with Crippen molar-refractivity contribution in [3.05, 3.63) is 42.5 Å². The lowest BCUT2D eigenvalue weighted by Gasteiger charge is -2.12. The summed E-state index contributed by atoms with van der Waals surface area (Å²) >= 11 is 0. The van der Waals surface area contributed by atoms with Gasteiger partial charge in [0, 0.05) is 12.0 Å². The number of allylic oxidation sites excluding steroid dienone is 4. The number of hydrogen-bond acceptors (Lipinski definition) is 3. The molecule has 1 amide bonds. The zero-order valence-corrected chi connectivity index (χ0v) is 15.7. The second kappa shape index (κ2) is 8.93. The van der Waals surface area contributed by atoms with E-state index in [0.29, 0.717) is 29.0 Å². The Balaban J connectivity index is 1.68. The van der Waals surface area contributed by atoms with E-state index in [4.69, 9.17) is 9.47 Å². The highest BCUT2D eigenvalue weighted by atomic mass is 16.5. The maximum atomic E-state index is 12.9. The summed E-state index contributed by atoms with van der Waals surface area (Å²) in [6, 6.07) is 5.47. The summed E-state index contributed by atoms with van der Waals surface area (Å²) < 4.78 is 10.6. The van der Waals surface area contributed by atoms with Crippen LogP contribution in [-0.2, 0) is 4.79 Å². The van der Waals surface area contributed by atoms with Crippen LogP contribution in [0.4, 0.5) is 5.69 Å².